The normalized spacial score (nSPS) is 20.2. The van der Waals surface area contributed by atoms with Crippen LogP contribution < -0.4 is 4.74 Å². The molecule has 0 aromatic heterocycles. The molecule has 1 aromatic rings. The molecule has 2 nitrogen and oxygen atoms in total. The molecule has 2 rings (SSSR count). The van der Waals surface area contributed by atoms with E-state index in [2.05, 4.69) is 0 Å². The molecule has 0 spiro atoms. The molecule has 0 aliphatic carbocycles. The van der Waals surface area contributed by atoms with E-state index in [4.69, 9.17) is 16.3 Å². The molecule has 1 heterocycles. The number of fused-ring (bicyclic) bond motifs is 1. The smallest absolute Gasteiger partial charge is 0.160 e. The second kappa shape index (κ2) is 3.38. The highest BCUT2D eigenvalue weighted by molar-refractivity contribution is 6.30. The third kappa shape index (κ3) is 1.68. The van der Waals surface area contributed by atoms with Crippen molar-refractivity contribution in [2.75, 3.05) is 0 Å². The number of aryl methyl sites for hydroxylation is 1. The Morgan fingerprint density at radius 2 is 2.38 bits per heavy atom. The lowest BCUT2D eigenvalue weighted by atomic mass is 10.0. The molecule has 0 radical (unpaired) electrons. The van der Waals surface area contributed by atoms with E-state index in [1.165, 1.54) is 0 Å². The first-order valence-corrected chi connectivity index (χ1v) is 4.58. The van der Waals surface area contributed by atoms with Crippen molar-refractivity contribution in [2.24, 2.45) is 0 Å². The van der Waals surface area contributed by atoms with Gasteiger partial charge in [-0.1, -0.05) is 11.6 Å². The Morgan fingerprint density at radius 3 is 3.15 bits per heavy atom. The molecule has 0 bridgehead atoms. The molecule has 0 amide bonds. The zero-order chi connectivity index (χ0) is 9.26. The van der Waals surface area contributed by atoms with E-state index >= 15 is 0 Å². The Hall–Kier alpha value is -1.02. The molecule has 1 aliphatic heterocycles. The maximum Gasteiger partial charge on any atom is 0.160 e. The number of rotatable bonds is 1. The summed E-state index contributed by atoms with van der Waals surface area (Å²) in [5.74, 6) is 0.785. The van der Waals surface area contributed by atoms with Crippen LogP contribution in [0.5, 0.6) is 5.75 Å². The van der Waals surface area contributed by atoms with Crippen LogP contribution in [0.2, 0.25) is 5.02 Å². The number of aldehydes is 1. The van der Waals surface area contributed by atoms with E-state index in [9.17, 15) is 4.79 Å². The van der Waals surface area contributed by atoms with Gasteiger partial charge < -0.3 is 4.74 Å². The summed E-state index contributed by atoms with van der Waals surface area (Å²) in [7, 11) is 0. The van der Waals surface area contributed by atoms with Crippen LogP contribution in [0.25, 0.3) is 0 Å². The van der Waals surface area contributed by atoms with Gasteiger partial charge in [0.25, 0.3) is 0 Å². The van der Waals surface area contributed by atoms with Gasteiger partial charge >= 0.3 is 0 Å². The maximum atomic E-state index is 10.5. The van der Waals surface area contributed by atoms with Crippen LogP contribution in [0, 0.1) is 0 Å². The molecule has 68 valence electrons. The second-order valence-electron chi connectivity index (χ2n) is 3.08. The molecule has 0 N–H and O–H groups in total. The van der Waals surface area contributed by atoms with Gasteiger partial charge in [-0.25, -0.2) is 0 Å². The topological polar surface area (TPSA) is 26.3 Å². The monoisotopic (exact) mass is 196 g/mol. The Balaban J connectivity index is 2.31. The minimum Gasteiger partial charge on any atom is -0.483 e. The zero-order valence-electron chi connectivity index (χ0n) is 7.00. The molecule has 3 heteroatoms. The standard InChI is InChI=1S/C10H9ClO2/c11-8-2-4-10-7(5-8)1-3-9(6-12)13-10/h2,4-6,9H,1,3H2. The van der Waals surface area contributed by atoms with Gasteiger partial charge in [-0.05, 0) is 36.6 Å². The van der Waals surface area contributed by atoms with Crippen molar-refractivity contribution < 1.29 is 9.53 Å². The van der Waals surface area contributed by atoms with E-state index in [1.807, 2.05) is 12.1 Å². The van der Waals surface area contributed by atoms with Gasteiger partial charge in [-0.3, -0.25) is 4.79 Å². The molecule has 1 aliphatic rings. The summed E-state index contributed by atoms with van der Waals surface area (Å²) in [4.78, 5) is 10.5. The number of hydrogen-bond donors (Lipinski definition) is 0. The molecule has 1 atom stereocenters. The van der Waals surface area contributed by atoms with E-state index in [0.717, 1.165) is 30.4 Å². The molecule has 0 saturated carbocycles. The van der Waals surface area contributed by atoms with Gasteiger partial charge in [0, 0.05) is 5.02 Å². The predicted octanol–water partition coefficient (Wildman–Crippen LogP) is 2.23. The van der Waals surface area contributed by atoms with Crippen molar-refractivity contribution in [1.29, 1.82) is 0 Å². The molecular weight excluding hydrogens is 188 g/mol. The van der Waals surface area contributed by atoms with Crippen LogP contribution in [0.15, 0.2) is 18.2 Å². The number of halogens is 1. The van der Waals surface area contributed by atoms with E-state index in [0.29, 0.717) is 5.02 Å². The van der Waals surface area contributed by atoms with Crippen LogP contribution in [0.4, 0.5) is 0 Å². The number of hydrogen-bond acceptors (Lipinski definition) is 2. The largest absolute Gasteiger partial charge is 0.483 e. The van der Waals surface area contributed by atoms with Gasteiger partial charge in [0.1, 0.15) is 5.75 Å². The first kappa shape index (κ1) is 8.57. The van der Waals surface area contributed by atoms with Crippen LogP contribution >= 0.6 is 11.6 Å². The van der Waals surface area contributed by atoms with Gasteiger partial charge in [0.05, 0.1) is 0 Å². The van der Waals surface area contributed by atoms with Crippen molar-refractivity contribution in [3.63, 3.8) is 0 Å². The Bertz CT molecular complexity index is 336. The highest BCUT2D eigenvalue weighted by Crippen LogP contribution is 2.29. The average molecular weight is 197 g/mol. The SMILES string of the molecule is O=CC1CCc2cc(Cl)ccc2O1. The minimum atomic E-state index is -0.284. The van der Waals surface area contributed by atoms with Gasteiger partial charge in [0.2, 0.25) is 0 Å². The zero-order valence-corrected chi connectivity index (χ0v) is 7.75. The average Bonchev–Trinajstić information content (AvgIpc) is 2.17. The third-order valence-electron chi connectivity index (χ3n) is 2.15. The summed E-state index contributed by atoms with van der Waals surface area (Å²) in [5.41, 5.74) is 1.09. The fraction of sp³-hybridized carbons (Fsp3) is 0.300. The fourth-order valence-corrected chi connectivity index (χ4v) is 1.67. The Labute approximate surface area is 81.5 Å². The summed E-state index contributed by atoms with van der Waals surface area (Å²) in [6.07, 6.45) is 2.17. The Morgan fingerprint density at radius 1 is 1.54 bits per heavy atom. The summed E-state index contributed by atoms with van der Waals surface area (Å²) in [6.45, 7) is 0. The highest BCUT2D eigenvalue weighted by atomic mass is 35.5. The lowest BCUT2D eigenvalue weighted by Crippen LogP contribution is -2.23. The number of carbonyl (C=O) groups excluding carboxylic acids is 1. The lowest BCUT2D eigenvalue weighted by molar-refractivity contribution is -0.114. The minimum absolute atomic E-state index is 0.284. The highest BCUT2D eigenvalue weighted by Gasteiger charge is 2.18. The van der Waals surface area contributed by atoms with Crippen molar-refractivity contribution in [1.82, 2.24) is 0 Å². The van der Waals surface area contributed by atoms with Crippen LogP contribution in [0.3, 0.4) is 0 Å². The Kier molecular flexibility index (Phi) is 2.23. The van der Waals surface area contributed by atoms with Crippen molar-refractivity contribution in [3.8, 4) is 5.75 Å². The van der Waals surface area contributed by atoms with E-state index < -0.39 is 0 Å². The molecule has 1 unspecified atom stereocenters. The molecular formula is C10H9ClO2. The maximum absolute atomic E-state index is 10.5. The first-order valence-electron chi connectivity index (χ1n) is 4.20. The van der Waals surface area contributed by atoms with Crippen LogP contribution in [0.1, 0.15) is 12.0 Å². The molecule has 13 heavy (non-hydrogen) atoms. The summed E-state index contributed by atoms with van der Waals surface area (Å²) < 4.78 is 5.41. The third-order valence-corrected chi connectivity index (χ3v) is 2.39. The van der Waals surface area contributed by atoms with Crippen molar-refractivity contribution >= 4 is 17.9 Å². The number of benzene rings is 1. The molecule has 0 fully saturated rings. The summed E-state index contributed by atoms with van der Waals surface area (Å²) >= 11 is 5.82. The van der Waals surface area contributed by atoms with Crippen molar-refractivity contribution in [2.45, 2.75) is 18.9 Å². The van der Waals surface area contributed by atoms with E-state index in [1.54, 1.807) is 6.07 Å². The number of ether oxygens (including phenoxy) is 1. The quantitative estimate of drug-likeness (QED) is 0.644. The fourth-order valence-electron chi connectivity index (χ4n) is 1.47. The van der Waals surface area contributed by atoms with Gasteiger partial charge in [0.15, 0.2) is 12.4 Å². The summed E-state index contributed by atoms with van der Waals surface area (Å²) in [5, 5.41) is 0.715. The van der Waals surface area contributed by atoms with Crippen LogP contribution in [-0.2, 0) is 11.2 Å². The summed E-state index contributed by atoms with van der Waals surface area (Å²) in [6, 6.07) is 5.47. The van der Waals surface area contributed by atoms with E-state index in [-0.39, 0.29) is 6.10 Å². The van der Waals surface area contributed by atoms with Gasteiger partial charge in [-0.2, -0.15) is 0 Å². The predicted molar refractivity (Wildman–Crippen MR) is 50.3 cm³/mol. The lowest BCUT2D eigenvalue weighted by Gasteiger charge is -2.22. The van der Waals surface area contributed by atoms with Crippen LogP contribution in [-0.4, -0.2) is 12.4 Å². The first-order chi connectivity index (χ1) is 6.29. The number of carbonyl (C=O) groups is 1. The molecule has 0 saturated heterocycles. The molecule has 1 aromatic carbocycles. The van der Waals surface area contributed by atoms with Crippen molar-refractivity contribution in [3.05, 3.63) is 28.8 Å². The van der Waals surface area contributed by atoms with Gasteiger partial charge in [-0.15, -0.1) is 0 Å². The second-order valence-corrected chi connectivity index (χ2v) is 3.52.